The molecule has 1 heterocycles. The molecule has 2 aromatic rings. The number of rotatable bonds is 12. The fraction of sp³-hybridized carbons (Fsp3) is 0.524. The molecule has 156 valence electrons. The summed E-state index contributed by atoms with van der Waals surface area (Å²) >= 11 is 1.90. The molecule has 0 fully saturated rings. The molecule has 0 aliphatic rings. The summed E-state index contributed by atoms with van der Waals surface area (Å²) in [6.07, 6.45) is 10.7. The van der Waals surface area contributed by atoms with E-state index in [1.165, 1.54) is 24.2 Å². The van der Waals surface area contributed by atoms with Gasteiger partial charge in [0, 0.05) is 32.0 Å². The third-order valence-electron chi connectivity index (χ3n) is 4.30. The molecule has 0 aliphatic carbocycles. The molecule has 0 unspecified atom stereocenters. The van der Waals surface area contributed by atoms with E-state index >= 15 is 0 Å². The number of hydrogen-bond acceptors (Lipinski definition) is 3. The summed E-state index contributed by atoms with van der Waals surface area (Å²) in [6.45, 7) is 5.48. The van der Waals surface area contributed by atoms with Crippen LogP contribution in [0.4, 0.5) is 0 Å². The Hall–Kier alpha value is -1.22. The van der Waals surface area contributed by atoms with Crippen LogP contribution in [0.2, 0.25) is 0 Å². The number of nitrogens with zero attached hydrogens (tertiary/aromatic N) is 3. The third kappa shape index (κ3) is 9.82. The summed E-state index contributed by atoms with van der Waals surface area (Å²) in [5.74, 6) is 3.11. The van der Waals surface area contributed by atoms with E-state index in [9.17, 15) is 0 Å². The second-order valence-corrected chi connectivity index (χ2v) is 7.43. The maximum atomic E-state index is 4.71. The Balaban J connectivity index is 0.00000392. The van der Waals surface area contributed by atoms with Crippen LogP contribution in [0, 0.1) is 0 Å². The van der Waals surface area contributed by atoms with Gasteiger partial charge in [0.2, 0.25) is 0 Å². The third-order valence-corrected chi connectivity index (χ3v) is 5.00. The normalized spacial score (nSPS) is 11.1. The monoisotopic (exact) mass is 515 g/mol. The first-order valence-electron chi connectivity index (χ1n) is 9.88. The minimum absolute atomic E-state index is 0. The summed E-state index contributed by atoms with van der Waals surface area (Å²) in [5.41, 5.74) is 1.39. The number of nitrogens with one attached hydrogen (secondary N) is 2. The molecule has 0 atom stereocenters. The van der Waals surface area contributed by atoms with E-state index < -0.39 is 0 Å². The number of unbranched alkanes of at least 4 members (excludes halogenated alkanes) is 1. The maximum Gasteiger partial charge on any atom is 0.191 e. The van der Waals surface area contributed by atoms with Gasteiger partial charge in [0.05, 0.1) is 0 Å². The van der Waals surface area contributed by atoms with Crippen molar-refractivity contribution in [2.45, 2.75) is 45.7 Å². The molecule has 5 nitrogen and oxygen atoms in total. The van der Waals surface area contributed by atoms with Gasteiger partial charge in [0.25, 0.3) is 0 Å². The van der Waals surface area contributed by atoms with Gasteiger partial charge in [-0.05, 0) is 50.2 Å². The van der Waals surface area contributed by atoms with Crippen LogP contribution >= 0.6 is 35.7 Å². The van der Waals surface area contributed by atoms with E-state index in [4.69, 9.17) is 4.99 Å². The Morgan fingerprint density at radius 1 is 1.14 bits per heavy atom. The zero-order valence-corrected chi connectivity index (χ0v) is 20.2. The second-order valence-electron chi connectivity index (χ2n) is 6.45. The van der Waals surface area contributed by atoms with Gasteiger partial charge in [0.15, 0.2) is 5.96 Å². The molecule has 7 heteroatoms. The highest BCUT2D eigenvalue weighted by atomic mass is 127. The predicted molar refractivity (Wildman–Crippen MR) is 133 cm³/mol. The summed E-state index contributed by atoms with van der Waals surface area (Å²) in [5, 5.41) is 6.74. The van der Waals surface area contributed by atoms with E-state index in [1.807, 2.05) is 18.0 Å². The number of halogens is 1. The minimum Gasteiger partial charge on any atom is -0.357 e. The van der Waals surface area contributed by atoms with Gasteiger partial charge in [-0.15, -0.1) is 24.0 Å². The Bertz CT molecular complexity index is 660. The first kappa shape index (κ1) is 24.8. The minimum atomic E-state index is 0. The predicted octanol–water partition coefficient (Wildman–Crippen LogP) is 4.33. The number of hydrogen-bond donors (Lipinski definition) is 2. The van der Waals surface area contributed by atoms with Crippen LogP contribution in [0.5, 0.6) is 0 Å². The molecule has 2 N–H and O–H groups in total. The fourth-order valence-electron chi connectivity index (χ4n) is 2.86. The molecule has 0 spiro atoms. The van der Waals surface area contributed by atoms with Crippen LogP contribution < -0.4 is 10.6 Å². The van der Waals surface area contributed by atoms with Gasteiger partial charge < -0.3 is 15.2 Å². The van der Waals surface area contributed by atoms with Crippen molar-refractivity contribution in [2.75, 3.05) is 25.1 Å². The first-order chi connectivity index (χ1) is 13.3. The van der Waals surface area contributed by atoms with Crippen molar-refractivity contribution in [3.8, 4) is 0 Å². The molecule has 28 heavy (non-hydrogen) atoms. The van der Waals surface area contributed by atoms with Gasteiger partial charge in [0.1, 0.15) is 12.4 Å². The standard InChI is InChI=1S/C21H33N5S.HI/c1-3-22-21(24-13-7-8-17-27-2)25-18-20-23-14-16-26(20)15-9-12-19-10-5-4-6-11-19;/h4-6,10-11,14,16H,3,7-9,12-13,15,17-18H2,1-2H3,(H2,22,24,25);1H. The number of guanidine groups is 1. The molecule has 1 aromatic carbocycles. The Morgan fingerprint density at radius 3 is 2.71 bits per heavy atom. The van der Waals surface area contributed by atoms with E-state index in [-0.39, 0.29) is 24.0 Å². The highest BCUT2D eigenvalue weighted by molar-refractivity contribution is 14.0. The fourth-order valence-corrected chi connectivity index (χ4v) is 3.36. The lowest BCUT2D eigenvalue weighted by Crippen LogP contribution is -2.37. The number of benzene rings is 1. The molecule has 0 amide bonds. The Morgan fingerprint density at radius 2 is 1.96 bits per heavy atom. The lowest BCUT2D eigenvalue weighted by Gasteiger charge is -2.11. The summed E-state index contributed by atoms with van der Waals surface area (Å²) < 4.78 is 2.22. The van der Waals surface area contributed by atoms with Crippen LogP contribution in [0.1, 0.15) is 37.6 Å². The summed E-state index contributed by atoms with van der Waals surface area (Å²) in [7, 11) is 0. The number of aryl methyl sites for hydroxylation is 2. The van der Waals surface area contributed by atoms with Crippen LogP contribution in [0.3, 0.4) is 0 Å². The van der Waals surface area contributed by atoms with Crippen molar-refractivity contribution in [3.63, 3.8) is 0 Å². The van der Waals surface area contributed by atoms with Crippen molar-refractivity contribution >= 4 is 41.7 Å². The molecule has 2 rings (SSSR count). The summed E-state index contributed by atoms with van der Waals surface area (Å²) in [6, 6.07) is 10.6. The first-order valence-corrected chi connectivity index (χ1v) is 11.3. The number of aromatic nitrogens is 2. The average molecular weight is 516 g/mol. The van der Waals surface area contributed by atoms with Crippen molar-refractivity contribution in [3.05, 3.63) is 54.1 Å². The quantitative estimate of drug-likeness (QED) is 0.191. The molecular formula is C21H34IN5S. The van der Waals surface area contributed by atoms with Crippen molar-refractivity contribution in [2.24, 2.45) is 4.99 Å². The molecule has 0 saturated carbocycles. The zero-order valence-electron chi connectivity index (χ0n) is 17.1. The molecule has 0 aliphatic heterocycles. The smallest absolute Gasteiger partial charge is 0.191 e. The second kappa shape index (κ2) is 15.7. The van der Waals surface area contributed by atoms with E-state index in [0.29, 0.717) is 6.54 Å². The highest BCUT2D eigenvalue weighted by Crippen LogP contribution is 2.06. The molecule has 0 radical (unpaired) electrons. The Kier molecular flexibility index (Phi) is 13.9. The van der Waals surface area contributed by atoms with Gasteiger partial charge >= 0.3 is 0 Å². The van der Waals surface area contributed by atoms with Crippen molar-refractivity contribution < 1.29 is 0 Å². The van der Waals surface area contributed by atoms with E-state index in [0.717, 1.165) is 44.3 Å². The maximum absolute atomic E-state index is 4.71. The molecule has 0 bridgehead atoms. The molecular weight excluding hydrogens is 481 g/mol. The van der Waals surface area contributed by atoms with Crippen LogP contribution in [-0.4, -0.2) is 40.6 Å². The number of imidazole rings is 1. The molecule has 1 aromatic heterocycles. The molecule has 0 saturated heterocycles. The number of aliphatic imine (C=N–C) groups is 1. The van der Waals surface area contributed by atoms with Crippen molar-refractivity contribution in [1.82, 2.24) is 20.2 Å². The number of thioether (sulfide) groups is 1. The SMILES string of the molecule is CCNC(=NCc1nccn1CCCc1ccccc1)NCCCCSC.I. The lowest BCUT2D eigenvalue weighted by atomic mass is 10.1. The highest BCUT2D eigenvalue weighted by Gasteiger charge is 2.04. The lowest BCUT2D eigenvalue weighted by molar-refractivity contribution is 0.610. The largest absolute Gasteiger partial charge is 0.357 e. The summed E-state index contributed by atoms with van der Waals surface area (Å²) in [4.78, 5) is 9.20. The van der Waals surface area contributed by atoms with E-state index in [2.05, 4.69) is 69.9 Å². The van der Waals surface area contributed by atoms with Crippen LogP contribution in [-0.2, 0) is 19.5 Å². The van der Waals surface area contributed by atoms with Crippen LogP contribution in [0.15, 0.2) is 47.7 Å². The zero-order chi connectivity index (χ0) is 19.2. The van der Waals surface area contributed by atoms with Gasteiger partial charge in [-0.3, -0.25) is 0 Å². The van der Waals surface area contributed by atoms with Crippen molar-refractivity contribution in [1.29, 1.82) is 0 Å². The average Bonchev–Trinajstić information content (AvgIpc) is 3.14. The Labute approximate surface area is 191 Å². The van der Waals surface area contributed by atoms with Gasteiger partial charge in [-0.2, -0.15) is 11.8 Å². The van der Waals surface area contributed by atoms with E-state index in [1.54, 1.807) is 0 Å². The topological polar surface area (TPSA) is 54.2 Å². The van der Waals surface area contributed by atoms with Crippen LogP contribution in [0.25, 0.3) is 0 Å². The van der Waals surface area contributed by atoms with Gasteiger partial charge in [-0.25, -0.2) is 9.98 Å². The van der Waals surface area contributed by atoms with Gasteiger partial charge in [-0.1, -0.05) is 30.3 Å².